The normalized spacial score (nSPS) is 11.9. The predicted molar refractivity (Wildman–Crippen MR) is 29.8 cm³/mol. The zero-order valence-corrected chi connectivity index (χ0v) is 9.25. The molecule has 0 bridgehead atoms. The molecular formula is C4H9O3SZn. The van der Waals surface area contributed by atoms with Crippen LogP contribution < -0.4 is 0 Å². The Hall–Kier alpha value is 0.533. The van der Waals surface area contributed by atoms with Crippen LogP contribution in [0.1, 0.15) is 19.8 Å². The van der Waals surface area contributed by atoms with Gasteiger partial charge in [-0.3, -0.25) is 0 Å². The summed E-state index contributed by atoms with van der Waals surface area (Å²) in [6.45, 7) is 2.33. The van der Waals surface area contributed by atoms with Crippen LogP contribution >= 0.6 is 0 Å². The molecule has 0 aliphatic rings. The summed E-state index contributed by atoms with van der Waals surface area (Å²) in [5.74, 6) is 0. The van der Waals surface area contributed by atoms with Crippen LogP contribution in [0.3, 0.4) is 0 Å². The second-order valence-electron chi connectivity index (χ2n) is 1.73. The van der Waals surface area contributed by atoms with E-state index in [-0.39, 0.29) is 17.1 Å². The number of rotatable bonds is 4. The second-order valence-corrected chi connectivity index (χ2v) is 7.53. The molecule has 0 heterocycles. The molecule has 0 saturated heterocycles. The van der Waals surface area contributed by atoms with Crippen LogP contribution in [0.25, 0.3) is 0 Å². The fraction of sp³-hybridized carbons (Fsp3) is 1.00. The first kappa shape index (κ1) is 9.53. The Bertz CT molecular complexity index is 151. The first-order chi connectivity index (χ1) is 4.06. The van der Waals surface area contributed by atoms with Crippen LogP contribution in [0, 0.1) is 0 Å². The number of unbranched alkanes of at least 4 members (excludes halogenated alkanes) is 1. The van der Waals surface area contributed by atoms with Crippen LogP contribution in [-0.2, 0) is 29.4 Å². The Morgan fingerprint density at radius 1 is 1.56 bits per heavy atom. The quantitative estimate of drug-likeness (QED) is 0.495. The molecule has 0 saturated carbocycles. The van der Waals surface area contributed by atoms with Gasteiger partial charge in [-0.1, -0.05) is 0 Å². The minimum atomic E-state index is -3.07. The van der Waals surface area contributed by atoms with Crippen LogP contribution in [-0.4, -0.2) is 15.0 Å². The molecule has 9 heavy (non-hydrogen) atoms. The summed E-state index contributed by atoms with van der Waals surface area (Å²) < 4.78 is 25.2. The van der Waals surface area contributed by atoms with Gasteiger partial charge in [0.2, 0.25) is 0 Å². The summed E-state index contributed by atoms with van der Waals surface area (Å²) >= 11 is 0.191. The molecule has 0 aromatic carbocycles. The third-order valence-electron chi connectivity index (χ3n) is 0.761. The van der Waals surface area contributed by atoms with Crippen LogP contribution in [0.2, 0.25) is 0 Å². The minimum absolute atomic E-state index is 0.191. The molecule has 0 aromatic rings. The molecule has 0 fully saturated rings. The molecule has 0 rings (SSSR count). The topological polar surface area (TPSA) is 43.4 Å². The fourth-order valence-corrected chi connectivity index (χ4v) is 1.44. The van der Waals surface area contributed by atoms with Crippen LogP contribution in [0.4, 0.5) is 0 Å². The van der Waals surface area contributed by atoms with Crippen molar-refractivity contribution in [1.29, 1.82) is 0 Å². The van der Waals surface area contributed by atoms with Crippen molar-refractivity contribution in [1.82, 2.24) is 0 Å². The predicted octanol–water partition coefficient (Wildman–Crippen LogP) is 0.595. The summed E-state index contributed by atoms with van der Waals surface area (Å²) in [5.41, 5.74) is 0. The molecule has 5 heteroatoms. The van der Waals surface area contributed by atoms with E-state index in [0.29, 0.717) is 6.61 Å². The average molecular weight is 203 g/mol. The van der Waals surface area contributed by atoms with Gasteiger partial charge >= 0.3 is 64.2 Å². The molecule has 51 valence electrons. The van der Waals surface area contributed by atoms with Gasteiger partial charge in [0.25, 0.3) is 0 Å². The SMILES string of the molecule is CCCCO[S](=O)(=O)[Zn]. The first-order valence-corrected chi connectivity index (χ1v) is 8.00. The maximum atomic E-state index is 10.3. The Kier molecular flexibility index (Phi) is 4.62. The molecule has 0 amide bonds. The van der Waals surface area contributed by atoms with Crippen molar-refractivity contribution < 1.29 is 29.7 Å². The molecule has 0 aromatic heterocycles. The summed E-state index contributed by atoms with van der Waals surface area (Å²) in [4.78, 5) is 0. The zero-order valence-electron chi connectivity index (χ0n) is 5.46. The summed E-state index contributed by atoms with van der Waals surface area (Å²) in [6.07, 6.45) is 1.79. The molecule has 0 spiro atoms. The van der Waals surface area contributed by atoms with E-state index >= 15 is 0 Å². The zero-order chi connectivity index (χ0) is 7.33. The fourth-order valence-electron chi connectivity index (χ4n) is 0.330. The van der Waals surface area contributed by atoms with Crippen molar-refractivity contribution in [3.05, 3.63) is 0 Å². The van der Waals surface area contributed by atoms with E-state index in [2.05, 4.69) is 4.18 Å². The van der Waals surface area contributed by atoms with Gasteiger partial charge < -0.3 is 0 Å². The third kappa shape index (κ3) is 8.53. The van der Waals surface area contributed by atoms with E-state index < -0.39 is 8.11 Å². The first-order valence-electron chi connectivity index (χ1n) is 2.78. The summed E-state index contributed by atoms with van der Waals surface area (Å²) in [6, 6.07) is 0. The van der Waals surface area contributed by atoms with E-state index in [0.717, 1.165) is 12.8 Å². The maximum absolute atomic E-state index is 10.3. The van der Waals surface area contributed by atoms with Gasteiger partial charge in [-0.25, -0.2) is 0 Å². The van der Waals surface area contributed by atoms with E-state index in [9.17, 15) is 8.42 Å². The molecule has 0 N–H and O–H groups in total. The third-order valence-corrected chi connectivity index (χ3v) is 2.34. The van der Waals surface area contributed by atoms with Crippen molar-refractivity contribution in [2.75, 3.05) is 6.61 Å². The van der Waals surface area contributed by atoms with E-state index in [1.807, 2.05) is 6.92 Å². The monoisotopic (exact) mass is 201 g/mol. The van der Waals surface area contributed by atoms with Gasteiger partial charge in [0, 0.05) is 0 Å². The second kappa shape index (κ2) is 4.36. The molecule has 0 aliphatic carbocycles. The van der Waals surface area contributed by atoms with Crippen LogP contribution in [0.15, 0.2) is 0 Å². The van der Waals surface area contributed by atoms with Gasteiger partial charge in [0.15, 0.2) is 0 Å². The average Bonchev–Trinajstić information content (AvgIpc) is 1.63. The van der Waals surface area contributed by atoms with Crippen molar-refractivity contribution >= 4 is 8.11 Å². The molecule has 0 aliphatic heterocycles. The Morgan fingerprint density at radius 2 is 2.11 bits per heavy atom. The molecule has 0 atom stereocenters. The van der Waals surface area contributed by atoms with Crippen LogP contribution in [0.5, 0.6) is 0 Å². The standard InChI is InChI=1S/C4H9O3S.Zn/c1-2-3-4-7-8(5)6;/h2-4H2,1H3;. The van der Waals surface area contributed by atoms with Crippen molar-refractivity contribution in [3.8, 4) is 0 Å². The molecule has 0 unspecified atom stereocenters. The molecular weight excluding hydrogens is 193 g/mol. The van der Waals surface area contributed by atoms with Gasteiger partial charge in [-0.05, 0) is 0 Å². The van der Waals surface area contributed by atoms with E-state index in [1.165, 1.54) is 0 Å². The van der Waals surface area contributed by atoms with Gasteiger partial charge in [-0.2, -0.15) is 0 Å². The summed E-state index contributed by atoms with van der Waals surface area (Å²) in [7, 11) is -3.07. The summed E-state index contributed by atoms with van der Waals surface area (Å²) in [5, 5.41) is 0. The Morgan fingerprint density at radius 3 is 2.44 bits per heavy atom. The molecule has 3 nitrogen and oxygen atoms in total. The van der Waals surface area contributed by atoms with Gasteiger partial charge in [0.1, 0.15) is 0 Å². The van der Waals surface area contributed by atoms with Gasteiger partial charge in [0.05, 0.1) is 0 Å². The van der Waals surface area contributed by atoms with E-state index in [1.54, 1.807) is 0 Å². The molecule has 0 radical (unpaired) electrons. The van der Waals surface area contributed by atoms with E-state index in [4.69, 9.17) is 0 Å². The Balaban J connectivity index is 3.30. The van der Waals surface area contributed by atoms with Crippen molar-refractivity contribution in [2.24, 2.45) is 0 Å². The van der Waals surface area contributed by atoms with Crippen molar-refractivity contribution in [3.63, 3.8) is 0 Å². The van der Waals surface area contributed by atoms with Gasteiger partial charge in [-0.15, -0.1) is 0 Å². The van der Waals surface area contributed by atoms with Crippen molar-refractivity contribution in [2.45, 2.75) is 19.8 Å². The number of hydrogen-bond acceptors (Lipinski definition) is 3. The Labute approximate surface area is 64.4 Å². The number of hydrogen-bond donors (Lipinski definition) is 0.